The molecule has 0 aromatic heterocycles. The third-order valence-electron chi connectivity index (χ3n) is 11.7. The SMILES string of the molecule is C=C1[C@@H]2CC[C@H]3[C@@]45CO[C@](O)([C@@H](O)[C@@H]4C(C)(C)CCC5OC(C)=O)[C@]34C(=O)C1(OC(=O)c1ccc(OC)cc1)[C@H]24. The zero-order valence-electron chi connectivity index (χ0n) is 23.3. The van der Waals surface area contributed by atoms with Gasteiger partial charge in [0.2, 0.25) is 5.79 Å². The minimum atomic E-state index is -2.16. The second kappa shape index (κ2) is 7.75. The molecule has 9 heteroatoms. The highest BCUT2D eigenvalue weighted by Crippen LogP contribution is 2.85. The van der Waals surface area contributed by atoms with Gasteiger partial charge in [0.25, 0.3) is 0 Å². The van der Waals surface area contributed by atoms with E-state index < -0.39 is 75.3 Å². The number of hydrogen-bond donors (Lipinski definition) is 2. The fraction of sp³-hybridized carbons (Fsp3) is 0.645. The molecule has 40 heavy (non-hydrogen) atoms. The number of ether oxygens (including phenoxy) is 4. The van der Waals surface area contributed by atoms with Crippen molar-refractivity contribution in [1.82, 2.24) is 0 Å². The van der Waals surface area contributed by atoms with E-state index in [4.69, 9.17) is 18.9 Å². The molecule has 9 nitrogen and oxygen atoms in total. The van der Waals surface area contributed by atoms with Crippen LogP contribution >= 0.6 is 0 Å². The molecule has 1 aromatic rings. The van der Waals surface area contributed by atoms with Gasteiger partial charge in [-0.1, -0.05) is 20.4 Å². The number of fused-ring (bicyclic) bond motifs is 1. The second-order valence-electron chi connectivity index (χ2n) is 13.4. The summed E-state index contributed by atoms with van der Waals surface area (Å²) in [5, 5.41) is 24.3. The number of methoxy groups -OCH3 is 1. The van der Waals surface area contributed by atoms with E-state index in [2.05, 4.69) is 20.4 Å². The lowest BCUT2D eigenvalue weighted by atomic mass is 9.21. The van der Waals surface area contributed by atoms with E-state index in [-0.39, 0.29) is 18.1 Å². The summed E-state index contributed by atoms with van der Waals surface area (Å²) < 4.78 is 23.3. The third kappa shape index (κ3) is 2.55. The summed E-state index contributed by atoms with van der Waals surface area (Å²) in [7, 11) is 1.53. The molecule has 214 valence electrons. The maximum absolute atomic E-state index is 14.7. The van der Waals surface area contributed by atoms with Crippen molar-refractivity contribution in [3.8, 4) is 5.75 Å². The summed E-state index contributed by atoms with van der Waals surface area (Å²) in [5.41, 5.74) is -3.58. The maximum atomic E-state index is 14.7. The standard InChI is InChI=1S/C31H36O9/c1-15-19-10-11-20-28-14-38-31(36,24(33)23(28)27(3,4)13-12-21(28)39-16(2)32)29(20)22(19)30(15,26(29)35)40-25(34)17-6-8-18(37-5)9-7-17/h6-9,19-24,33,36H,1,10-14H2,2-5H3/t19-,20-,21?,22+,23+,24-,28+,29+,30?,31+/m0/s1. The fourth-order valence-electron chi connectivity index (χ4n) is 10.5. The van der Waals surface area contributed by atoms with Crippen LogP contribution in [0.25, 0.3) is 0 Å². The zero-order valence-corrected chi connectivity index (χ0v) is 23.3. The number of Topliss-reactive ketones (excluding diaryl/α,β-unsaturated/α-hetero) is 1. The van der Waals surface area contributed by atoms with Crippen molar-refractivity contribution < 1.29 is 43.5 Å². The van der Waals surface area contributed by atoms with Gasteiger partial charge in [0, 0.05) is 24.2 Å². The van der Waals surface area contributed by atoms with Crippen molar-refractivity contribution in [2.24, 2.45) is 39.9 Å². The van der Waals surface area contributed by atoms with Crippen molar-refractivity contribution in [2.45, 2.75) is 70.1 Å². The minimum Gasteiger partial charge on any atom is -0.497 e. The van der Waals surface area contributed by atoms with Crippen molar-refractivity contribution >= 4 is 17.7 Å². The van der Waals surface area contributed by atoms with Crippen LogP contribution in [0.5, 0.6) is 5.75 Å². The summed E-state index contributed by atoms with van der Waals surface area (Å²) in [6.07, 6.45) is 0.559. The van der Waals surface area contributed by atoms with Gasteiger partial charge in [-0.2, -0.15) is 0 Å². The lowest BCUT2D eigenvalue weighted by Crippen LogP contribution is -2.97. The number of aliphatic hydroxyl groups excluding tert-OH is 1. The quantitative estimate of drug-likeness (QED) is 0.428. The number of benzene rings is 1. The zero-order chi connectivity index (χ0) is 28.6. The largest absolute Gasteiger partial charge is 0.497 e. The average molecular weight is 553 g/mol. The molecule has 1 aromatic carbocycles. The Balaban J connectivity index is 1.34. The van der Waals surface area contributed by atoms with Crippen LogP contribution in [0.1, 0.15) is 56.8 Å². The molecule has 2 aliphatic heterocycles. The number of carbonyl (C=O) groups is 3. The molecule has 2 spiro atoms. The van der Waals surface area contributed by atoms with Gasteiger partial charge in [-0.15, -0.1) is 0 Å². The van der Waals surface area contributed by atoms with Gasteiger partial charge in [0.05, 0.1) is 19.3 Å². The number of ketones is 1. The molecular formula is C31H36O9. The molecule has 2 unspecified atom stereocenters. The lowest BCUT2D eigenvalue weighted by Gasteiger charge is -2.84. The highest BCUT2D eigenvalue weighted by molar-refractivity contribution is 6.10. The first-order valence-corrected chi connectivity index (χ1v) is 14.2. The fourth-order valence-corrected chi connectivity index (χ4v) is 10.5. The van der Waals surface area contributed by atoms with Crippen LogP contribution in [-0.2, 0) is 23.8 Å². The molecule has 8 rings (SSSR count). The monoisotopic (exact) mass is 552 g/mol. The molecule has 7 fully saturated rings. The van der Waals surface area contributed by atoms with E-state index in [9.17, 15) is 24.6 Å². The Labute approximate surface area is 232 Å². The van der Waals surface area contributed by atoms with Crippen LogP contribution in [0, 0.1) is 39.9 Å². The van der Waals surface area contributed by atoms with Crippen molar-refractivity contribution in [3.63, 3.8) is 0 Å². The number of carbonyl (C=O) groups excluding carboxylic acids is 3. The van der Waals surface area contributed by atoms with E-state index >= 15 is 0 Å². The third-order valence-corrected chi connectivity index (χ3v) is 11.7. The van der Waals surface area contributed by atoms with Crippen molar-refractivity contribution in [2.75, 3.05) is 13.7 Å². The van der Waals surface area contributed by atoms with Crippen molar-refractivity contribution in [1.29, 1.82) is 0 Å². The van der Waals surface area contributed by atoms with Gasteiger partial charge in [-0.25, -0.2) is 4.79 Å². The van der Waals surface area contributed by atoms with Gasteiger partial charge in [0.1, 0.15) is 23.4 Å². The van der Waals surface area contributed by atoms with Crippen LogP contribution in [0.4, 0.5) is 0 Å². The molecule has 10 atom stereocenters. The number of aliphatic hydroxyl groups is 2. The van der Waals surface area contributed by atoms with Crippen LogP contribution in [0.3, 0.4) is 0 Å². The Hall–Kier alpha value is -2.75. The molecule has 2 saturated heterocycles. The summed E-state index contributed by atoms with van der Waals surface area (Å²) in [6.45, 7) is 9.74. The number of hydrogen-bond acceptors (Lipinski definition) is 9. The molecule has 5 aliphatic carbocycles. The minimum absolute atomic E-state index is 0.0727. The molecule has 0 radical (unpaired) electrons. The summed E-state index contributed by atoms with van der Waals surface area (Å²) in [5.74, 6) is -4.80. The lowest BCUT2D eigenvalue weighted by molar-refractivity contribution is -0.483. The van der Waals surface area contributed by atoms with Gasteiger partial charge in [0.15, 0.2) is 11.4 Å². The van der Waals surface area contributed by atoms with E-state index in [0.717, 1.165) is 0 Å². The first kappa shape index (κ1) is 26.2. The Morgan fingerprint density at radius 2 is 1.80 bits per heavy atom. The molecule has 2 bridgehead atoms. The summed E-state index contributed by atoms with van der Waals surface area (Å²) in [6, 6.07) is 6.42. The Bertz CT molecular complexity index is 1350. The highest BCUT2D eigenvalue weighted by atomic mass is 16.6. The molecule has 5 saturated carbocycles. The topological polar surface area (TPSA) is 129 Å². The predicted octanol–water partition coefficient (Wildman–Crippen LogP) is 2.82. The number of esters is 2. The first-order valence-electron chi connectivity index (χ1n) is 14.2. The molecule has 7 aliphatic rings. The highest BCUT2D eigenvalue weighted by Gasteiger charge is 2.97. The van der Waals surface area contributed by atoms with Gasteiger partial charge in [-0.3, -0.25) is 9.59 Å². The van der Waals surface area contributed by atoms with Crippen LogP contribution in [0.2, 0.25) is 0 Å². The average Bonchev–Trinajstić information content (AvgIpc) is 2.92. The molecule has 0 amide bonds. The molecular weight excluding hydrogens is 516 g/mol. The van der Waals surface area contributed by atoms with Gasteiger partial charge >= 0.3 is 11.9 Å². The van der Waals surface area contributed by atoms with Crippen LogP contribution in [0.15, 0.2) is 36.4 Å². The van der Waals surface area contributed by atoms with E-state index in [1.54, 1.807) is 24.3 Å². The second-order valence-corrected chi connectivity index (χ2v) is 13.4. The van der Waals surface area contributed by atoms with Crippen molar-refractivity contribution in [3.05, 3.63) is 42.0 Å². The summed E-state index contributed by atoms with van der Waals surface area (Å²) in [4.78, 5) is 40.3. The smallest absolute Gasteiger partial charge is 0.339 e. The van der Waals surface area contributed by atoms with E-state index in [0.29, 0.717) is 37.0 Å². The van der Waals surface area contributed by atoms with Gasteiger partial charge < -0.3 is 29.2 Å². The summed E-state index contributed by atoms with van der Waals surface area (Å²) >= 11 is 0. The maximum Gasteiger partial charge on any atom is 0.339 e. The number of rotatable bonds is 4. The normalized spacial score (nSPS) is 47.0. The molecule has 2 N–H and O–H groups in total. The van der Waals surface area contributed by atoms with Crippen LogP contribution < -0.4 is 4.74 Å². The Kier molecular flexibility index (Phi) is 5.07. The Morgan fingerprint density at radius 3 is 2.45 bits per heavy atom. The van der Waals surface area contributed by atoms with Gasteiger partial charge in [-0.05, 0) is 72.8 Å². The predicted molar refractivity (Wildman–Crippen MR) is 139 cm³/mol. The Morgan fingerprint density at radius 1 is 1.10 bits per heavy atom. The first-order chi connectivity index (χ1) is 18.8. The van der Waals surface area contributed by atoms with E-state index in [1.165, 1.54) is 14.0 Å². The molecule has 2 heterocycles. The van der Waals surface area contributed by atoms with E-state index in [1.807, 2.05) is 0 Å². The van der Waals surface area contributed by atoms with Crippen LogP contribution in [-0.4, -0.2) is 65.2 Å².